The van der Waals surface area contributed by atoms with Crippen LogP contribution < -0.4 is 10.6 Å². The van der Waals surface area contributed by atoms with Crippen LogP contribution in [0.2, 0.25) is 0 Å². The fourth-order valence-corrected chi connectivity index (χ4v) is 5.55. The number of amides is 5. The van der Waals surface area contributed by atoms with Crippen LogP contribution in [-0.2, 0) is 52.6 Å². The van der Waals surface area contributed by atoms with Gasteiger partial charge in [-0.2, -0.15) is 0 Å². The summed E-state index contributed by atoms with van der Waals surface area (Å²) in [6.07, 6.45) is -12.8. The minimum Gasteiger partial charge on any atom is -0.388 e. The minimum absolute atomic E-state index is 0.0109. The van der Waals surface area contributed by atoms with E-state index in [4.69, 9.17) is 23.8 Å². The number of rotatable bonds is 20. The molecule has 0 radical (unpaired) electrons. The lowest BCUT2D eigenvalue weighted by Crippen LogP contribution is -2.57. The van der Waals surface area contributed by atoms with Gasteiger partial charge < -0.3 is 70.0 Å². The van der Waals surface area contributed by atoms with E-state index >= 15 is 0 Å². The molecule has 0 bridgehead atoms. The highest BCUT2D eigenvalue weighted by atomic mass is 16.7. The second-order valence-electron chi connectivity index (χ2n) is 12.9. The molecule has 0 unspecified atom stereocenters. The van der Waals surface area contributed by atoms with Crippen molar-refractivity contribution in [3.63, 3.8) is 0 Å². The maximum Gasteiger partial charge on any atom is 0.333 e. The van der Waals surface area contributed by atoms with Crippen molar-refractivity contribution in [2.75, 3.05) is 39.4 Å². The normalized spacial score (nSPS) is 30.2. The lowest BCUT2D eigenvalue weighted by molar-refractivity contribution is -0.292. The molecule has 8 N–H and O–H groups in total. The second kappa shape index (κ2) is 21.5. The molecule has 3 rings (SSSR count). The Labute approximate surface area is 305 Å². The summed E-state index contributed by atoms with van der Waals surface area (Å²) in [4.78, 5) is 79.8. The largest absolute Gasteiger partial charge is 0.388 e. The van der Waals surface area contributed by atoms with Gasteiger partial charge in [0.1, 0.15) is 36.6 Å². The number of carbonyl (C=O) groups is 6. The van der Waals surface area contributed by atoms with E-state index in [1.807, 2.05) is 0 Å². The molecule has 302 valence electrons. The molecule has 0 aromatic rings. The standard InChI is InChI=1S/C32H52N4O17/c1-17-25(43)27(45)29(47)31(51-17)49-15-11-33-19(37)9-13-35(21(39)5-3-4-6-24(42)53-36-22(40)7-8-23(36)41)14-10-20(38)34-12-16-50-32-30(48)28(46)26(44)18(2)52-32/h17-18,25-32,43-48H,3-16H2,1-2H3,(H,33,37)(H,34,38)/t17-,18-,25+,26+,27+,28+,29-,30-,31+,32+/m0/s1. The fraction of sp³-hybridized carbons (Fsp3) is 0.812. The molecule has 3 aliphatic rings. The highest BCUT2D eigenvalue weighted by Crippen LogP contribution is 2.23. The summed E-state index contributed by atoms with van der Waals surface area (Å²) in [5.74, 6) is -3.36. The molecular formula is C32H52N4O17. The van der Waals surface area contributed by atoms with Crippen LogP contribution in [0.15, 0.2) is 0 Å². The first kappa shape index (κ1) is 44.0. The van der Waals surface area contributed by atoms with Crippen molar-refractivity contribution in [2.24, 2.45) is 0 Å². The van der Waals surface area contributed by atoms with Gasteiger partial charge in [0.15, 0.2) is 12.6 Å². The maximum atomic E-state index is 13.1. The van der Waals surface area contributed by atoms with Gasteiger partial charge in [-0.3, -0.25) is 24.0 Å². The summed E-state index contributed by atoms with van der Waals surface area (Å²) < 4.78 is 21.5. The van der Waals surface area contributed by atoms with Crippen LogP contribution in [0.1, 0.15) is 65.2 Å². The Morgan fingerprint density at radius 2 is 1.11 bits per heavy atom. The third-order valence-corrected chi connectivity index (χ3v) is 8.82. The quantitative estimate of drug-likeness (QED) is 0.0429. The Balaban J connectivity index is 1.42. The average Bonchev–Trinajstić information content (AvgIpc) is 3.44. The van der Waals surface area contributed by atoms with Crippen molar-refractivity contribution < 1.29 is 83.2 Å². The highest BCUT2D eigenvalue weighted by molar-refractivity contribution is 6.01. The second-order valence-corrected chi connectivity index (χ2v) is 12.9. The molecule has 3 heterocycles. The van der Waals surface area contributed by atoms with Gasteiger partial charge >= 0.3 is 5.97 Å². The van der Waals surface area contributed by atoms with Crippen LogP contribution in [0.4, 0.5) is 0 Å². The first-order valence-corrected chi connectivity index (χ1v) is 17.6. The van der Waals surface area contributed by atoms with Crippen LogP contribution in [0.3, 0.4) is 0 Å². The Kier molecular flexibility index (Phi) is 17.9. The van der Waals surface area contributed by atoms with Gasteiger partial charge in [-0.15, -0.1) is 5.06 Å². The number of imide groups is 1. The van der Waals surface area contributed by atoms with E-state index in [0.29, 0.717) is 5.06 Å². The molecule has 3 saturated heterocycles. The molecular weight excluding hydrogens is 712 g/mol. The Hall–Kier alpha value is -3.38. The smallest absolute Gasteiger partial charge is 0.333 e. The minimum atomic E-state index is -1.50. The lowest BCUT2D eigenvalue weighted by atomic mass is 10.0. The van der Waals surface area contributed by atoms with Crippen molar-refractivity contribution in [3.8, 4) is 0 Å². The number of nitrogens with one attached hydrogen (secondary N) is 2. The predicted molar refractivity (Wildman–Crippen MR) is 174 cm³/mol. The van der Waals surface area contributed by atoms with E-state index in [1.54, 1.807) is 0 Å². The van der Waals surface area contributed by atoms with Gasteiger partial charge in [0.05, 0.1) is 25.4 Å². The van der Waals surface area contributed by atoms with Crippen LogP contribution >= 0.6 is 0 Å². The van der Waals surface area contributed by atoms with Crippen LogP contribution in [-0.4, -0.2) is 177 Å². The lowest BCUT2D eigenvalue weighted by Gasteiger charge is -2.38. The summed E-state index contributed by atoms with van der Waals surface area (Å²) >= 11 is 0. The van der Waals surface area contributed by atoms with Gasteiger partial charge in [-0.25, -0.2) is 4.79 Å². The zero-order valence-electron chi connectivity index (χ0n) is 29.7. The Bertz CT molecular complexity index is 1180. The fourth-order valence-electron chi connectivity index (χ4n) is 5.55. The summed E-state index contributed by atoms with van der Waals surface area (Å²) in [5.41, 5.74) is 0. The van der Waals surface area contributed by atoms with E-state index < -0.39 is 96.9 Å². The van der Waals surface area contributed by atoms with E-state index in [0.717, 1.165) is 0 Å². The van der Waals surface area contributed by atoms with Crippen molar-refractivity contribution in [3.05, 3.63) is 0 Å². The van der Waals surface area contributed by atoms with Gasteiger partial charge in [0, 0.05) is 64.7 Å². The number of hydroxylamine groups is 2. The van der Waals surface area contributed by atoms with Crippen LogP contribution in [0, 0.1) is 0 Å². The third kappa shape index (κ3) is 13.5. The van der Waals surface area contributed by atoms with Gasteiger partial charge in [-0.05, 0) is 26.7 Å². The molecule has 0 aromatic heterocycles. The monoisotopic (exact) mass is 764 g/mol. The number of hydrogen-bond acceptors (Lipinski definition) is 17. The Morgan fingerprint density at radius 3 is 1.57 bits per heavy atom. The first-order chi connectivity index (χ1) is 25.1. The molecule has 0 aliphatic carbocycles. The number of carbonyl (C=O) groups excluding carboxylic acids is 6. The van der Waals surface area contributed by atoms with E-state index in [9.17, 15) is 59.4 Å². The molecule has 0 aromatic carbocycles. The summed E-state index contributed by atoms with van der Waals surface area (Å²) in [6, 6.07) is 0. The zero-order valence-corrected chi connectivity index (χ0v) is 29.7. The number of unbranched alkanes of at least 4 members (excludes halogenated alkanes) is 1. The number of aliphatic hydroxyl groups excluding tert-OH is 6. The van der Waals surface area contributed by atoms with E-state index in [-0.39, 0.29) is 90.8 Å². The summed E-state index contributed by atoms with van der Waals surface area (Å²) in [5, 5.41) is 65.1. The molecule has 0 spiro atoms. The van der Waals surface area contributed by atoms with Crippen LogP contribution in [0.5, 0.6) is 0 Å². The van der Waals surface area contributed by atoms with Crippen molar-refractivity contribution in [1.82, 2.24) is 20.6 Å². The van der Waals surface area contributed by atoms with Gasteiger partial charge in [-0.1, -0.05) is 0 Å². The van der Waals surface area contributed by atoms with E-state index in [1.165, 1.54) is 18.7 Å². The zero-order chi connectivity index (χ0) is 39.2. The highest BCUT2D eigenvalue weighted by Gasteiger charge is 2.43. The molecule has 21 nitrogen and oxygen atoms in total. The van der Waals surface area contributed by atoms with Crippen molar-refractivity contribution >= 4 is 35.5 Å². The number of aliphatic hydroxyl groups is 6. The van der Waals surface area contributed by atoms with Crippen LogP contribution in [0.25, 0.3) is 0 Å². The van der Waals surface area contributed by atoms with E-state index in [2.05, 4.69) is 10.6 Å². The maximum absolute atomic E-state index is 13.1. The van der Waals surface area contributed by atoms with Gasteiger partial charge in [0.25, 0.3) is 11.8 Å². The predicted octanol–water partition coefficient (Wildman–Crippen LogP) is -4.32. The topological polar surface area (TPSA) is 300 Å². The molecule has 3 aliphatic heterocycles. The van der Waals surface area contributed by atoms with Crippen molar-refractivity contribution in [2.45, 2.75) is 127 Å². The molecule has 21 heteroatoms. The summed E-state index contributed by atoms with van der Waals surface area (Å²) in [6.45, 7) is 2.62. The van der Waals surface area contributed by atoms with Crippen molar-refractivity contribution in [1.29, 1.82) is 0 Å². The average molecular weight is 765 g/mol. The molecule has 3 fully saturated rings. The first-order valence-electron chi connectivity index (χ1n) is 17.6. The SMILES string of the molecule is C[C@@H]1O[C@@H](OCCNC(=O)CCN(CCC(=O)NCCO[C@@H]2O[C@@H](C)[C@@H](O)[C@@H](O)[C@@H]2O)C(=O)CCCCC(=O)ON2C(=O)CCC2=O)[C@@H](O)[C@H](O)[C@@H]1O. The third-order valence-electron chi connectivity index (χ3n) is 8.82. The Morgan fingerprint density at radius 1 is 0.679 bits per heavy atom. The van der Waals surface area contributed by atoms with Gasteiger partial charge in [0.2, 0.25) is 17.7 Å². The molecule has 53 heavy (non-hydrogen) atoms. The summed E-state index contributed by atoms with van der Waals surface area (Å²) in [7, 11) is 0. The molecule has 10 atom stereocenters. The molecule has 0 saturated carbocycles. The molecule has 5 amide bonds. The number of hydrogen-bond donors (Lipinski definition) is 8. The number of ether oxygens (including phenoxy) is 4. The number of nitrogens with zero attached hydrogens (tertiary/aromatic N) is 2.